The average Bonchev–Trinajstić information content (AvgIpc) is 3.06. The van der Waals surface area contributed by atoms with Gasteiger partial charge in [0.2, 0.25) is 0 Å². The predicted octanol–water partition coefficient (Wildman–Crippen LogP) is 8.24. The van der Waals surface area contributed by atoms with Crippen molar-refractivity contribution in [3.8, 4) is 17.2 Å². The zero-order valence-corrected chi connectivity index (χ0v) is 24.4. The highest BCUT2D eigenvalue weighted by Crippen LogP contribution is 2.56. The second kappa shape index (κ2) is 8.61. The molecule has 6 aromatic carbocycles. The van der Waals surface area contributed by atoms with Crippen LogP contribution in [0, 0.1) is 11.3 Å². The Balaban J connectivity index is 1.37. The van der Waals surface area contributed by atoms with Gasteiger partial charge in [0, 0.05) is 31.0 Å². The zero-order valence-electron chi connectivity index (χ0n) is 22.8. The lowest BCUT2D eigenvalue weighted by Gasteiger charge is -2.47. The van der Waals surface area contributed by atoms with Gasteiger partial charge in [-0.05, 0) is 88.2 Å². The maximum absolute atomic E-state index is 9.75. The van der Waals surface area contributed by atoms with Crippen molar-refractivity contribution < 1.29 is 0 Å². The highest BCUT2D eigenvalue weighted by molar-refractivity contribution is 8.00. The summed E-state index contributed by atoms with van der Waals surface area (Å²) in [5.41, 5.74) is 14.3. The van der Waals surface area contributed by atoms with Gasteiger partial charge in [-0.2, -0.15) is 5.26 Å². The zero-order chi connectivity index (χ0) is 28.2. The molecule has 4 heterocycles. The van der Waals surface area contributed by atoms with E-state index < -0.39 is 0 Å². The van der Waals surface area contributed by atoms with Gasteiger partial charge in [-0.25, -0.2) is 0 Å². The van der Waals surface area contributed by atoms with E-state index >= 15 is 0 Å². The summed E-state index contributed by atoms with van der Waals surface area (Å²) in [7, 11) is 0. The van der Waals surface area contributed by atoms with Crippen molar-refractivity contribution in [1.82, 2.24) is 0 Å². The molecule has 0 fully saturated rings. The Morgan fingerprint density at radius 1 is 0.512 bits per heavy atom. The number of nitrogens with zero attached hydrogens (tertiary/aromatic N) is 3. The van der Waals surface area contributed by atoms with Gasteiger partial charge in [-0.15, -0.1) is 0 Å². The van der Waals surface area contributed by atoms with E-state index in [1.807, 2.05) is 41.7 Å². The summed E-state index contributed by atoms with van der Waals surface area (Å²) in [4.78, 5) is 10.1. The number of rotatable bonds is 1. The van der Waals surface area contributed by atoms with E-state index in [0.29, 0.717) is 5.56 Å². The molecule has 10 rings (SSSR count). The van der Waals surface area contributed by atoms with Crippen molar-refractivity contribution >= 4 is 80.7 Å². The van der Waals surface area contributed by atoms with Crippen LogP contribution in [0.1, 0.15) is 5.56 Å². The second-order valence-electron chi connectivity index (χ2n) is 11.3. The third-order valence-corrected chi connectivity index (χ3v) is 11.2. The first-order valence-electron chi connectivity index (χ1n) is 14.4. The molecule has 4 aliphatic rings. The highest BCUT2D eigenvalue weighted by Gasteiger charge is 2.47. The van der Waals surface area contributed by atoms with Crippen molar-refractivity contribution in [1.29, 1.82) is 5.26 Å². The van der Waals surface area contributed by atoms with Crippen LogP contribution in [0.15, 0.2) is 141 Å². The van der Waals surface area contributed by atoms with E-state index in [2.05, 4.69) is 119 Å². The molecule has 0 unspecified atom stereocenters. The van der Waals surface area contributed by atoms with E-state index in [0.717, 1.165) is 11.1 Å². The molecule has 43 heavy (non-hydrogen) atoms. The maximum atomic E-state index is 9.75. The Hall–Kier alpha value is -4.83. The van der Waals surface area contributed by atoms with Crippen molar-refractivity contribution in [3.63, 3.8) is 0 Å². The van der Waals surface area contributed by atoms with E-state index in [1.165, 1.54) is 70.1 Å². The Morgan fingerprint density at radius 2 is 1.05 bits per heavy atom. The van der Waals surface area contributed by atoms with Gasteiger partial charge in [0.15, 0.2) is 0 Å². The van der Waals surface area contributed by atoms with Crippen LogP contribution in [0.5, 0.6) is 0 Å². The summed E-state index contributed by atoms with van der Waals surface area (Å²) in [6.07, 6.45) is 0. The molecule has 198 valence electrons. The fourth-order valence-corrected chi connectivity index (χ4v) is 9.52. The molecule has 6 heteroatoms. The first kappa shape index (κ1) is 23.7. The minimum atomic E-state index is 0.110. The van der Waals surface area contributed by atoms with Gasteiger partial charge >= 0.3 is 0 Å². The molecule has 0 aromatic heterocycles. The monoisotopic (exact) mass is 581 g/mol. The molecule has 0 atom stereocenters. The molecule has 0 saturated carbocycles. The number of para-hydroxylation sites is 4. The summed E-state index contributed by atoms with van der Waals surface area (Å²) in [6.45, 7) is 0.110. The molecule has 3 nitrogen and oxygen atoms in total. The third-order valence-electron chi connectivity index (χ3n) is 9.01. The average molecular weight is 582 g/mol. The fraction of sp³-hybridized carbons (Fsp3) is 0. The summed E-state index contributed by atoms with van der Waals surface area (Å²) in [5.74, 6) is 0. The molecule has 0 aliphatic carbocycles. The van der Waals surface area contributed by atoms with Crippen LogP contribution >= 0.6 is 23.5 Å². The first-order chi connectivity index (χ1) is 21.3. The molecule has 0 bridgehead atoms. The predicted molar refractivity (Wildman–Crippen MR) is 179 cm³/mol. The topological polar surface area (TPSA) is 30.3 Å². The van der Waals surface area contributed by atoms with Gasteiger partial charge in [0.1, 0.15) is 0 Å². The number of hydrogen-bond acceptors (Lipinski definition) is 5. The summed E-state index contributed by atoms with van der Waals surface area (Å²) < 4.78 is 0. The Kier molecular flexibility index (Phi) is 4.75. The molecule has 0 radical (unpaired) electrons. The van der Waals surface area contributed by atoms with Crippen molar-refractivity contribution in [3.05, 3.63) is 127 Å². The maximum Gasteiger partial charge on any atom is 0.252 e. The SMILES string of the molecule is N#Cc1cccc(-c2cc3c4c(c2)N2c5ccccc5Sc5cccc(c52)B4c2cccc4c2N3c2ccccc2S4)c1. The smallest absolute Gasteiger partial charge is 0.252 e. The Morgan fingerprint density at radius 3 is 1.63 bits per heavy atom. The quantitative estimate of drug-likeness (QED) is 0.182. The van der Waals surface area contributed by atoms with Crippen LogP contribution in [0.3, 0.4) is 0 Å². The lowest BCUT2D eigenvalue weighted by Crippen LogP contribution is -2.62. The lowest BCUT2D eigenvalue weighted by atomic mass is 9.33. The highest BCUT2D eigenvalue weighted by atomic mass is 32.2. The molecule has 0 amide bonds. The first-order valence-corrected chi connectivity index (χ1v) is 16.0. The fourth-order valence-electron chi connectivity index (χ4n) is 7.32. The van der Waals surface area contributed by atoms with Crippen LogP contribution in [-0.4, -0.2) is 6.71 Å². The summed E-state index contributed by atoms with van der Waals surface area (Å²) >= 11 is 3.73. The number of hydrogen-bond donors (Lipinski definition) is 0. The number of nitriles is 1. The molecular formula is C37H20BN3S2. The van der Waals surface area contributed by atoms with Crippen LogP contribution in [-0.2, 0) is 0 Å². The molecule has 0 spiro atoms. The third kappa shape index (κ3) is 3.13. The molecule has 0 saturated heterocycles. The van der Waals surface area contributed by atoms with E-state index in [4.69, 9.17) is 0 Å². The van der Waals surface area contributed by atoms with Crippen LogP contribution < -0.4 is 26.2 Å². The minimum absolute atomic E-state index is 0.110. The molecular weight excluding hydrogens is 561 g/mol. The lowest BCUT2D eigenvalue weighted by molar-refractivity contribution is 1.15. The van der Waals surface area contributed by atoms with Crippen molar-refractivity contribution in [2.75, 3.05) is 9.80 Å². The van der Waals surface area contributed by atoms with Gasteiger partial charge in [-0.1, -0.05) is 84.2 Å². The summed E-state index contributed by atoms with van der Waals surface area (Å²) in [6, 6.07) is 46.2. The summed E-state index contributed by atoms with van der Waals surface area (Å²) in [5, 5.41) is 9.75. The number of anilines is 6. The standard InChI is InChI=1S/C37H20BN3S2/c39-21-22-8-5-9-23(18-22)24-19-29-35-30(20-24)41-28-13-2-4-15-32(28)43-34-17-7-11-26(37(34)41)38(35)25-10-6-16-33-36(25)40(29)27-12-1-3-14-31(27)42-33/h1-20H. The van der Waals surface area contributed by atoms with Crippen LogP contribution in [0.4, 0.5) is 34.1 Å². The van der Waals surface area contributed by atoms with Gasteiger partial charge in [0.25, 0.3) is 6.71 Å². The van der Waals surface area contributed by atoms with E-state index in [9.17, 15) is 5.26 Å². The van der Waals surface area contributed by atoms with Gasteiger partial charge in [-0.3, -0.25) is 0 Å². The van der Waals surface area contributed by atoms with Gasteiger partial charge < -0.3 is 9.80 Å². The molecule has 0 N–H and O–H groups in total. The van der Waals surface area contributed by atoms with Crippen molar-refractivity contribution in [2.45, 2.75) is 19.6 Å². The van der Waals surface area contributed by atoms with Crippen molar-refractivity contribution in [2.24, 2.45) is 0 Å². The normalized spacial score (nSPS) is 14.2. The van der Waals surface area contributed by atoms with Gasteiger partial charge in [0.05, 0.1) is 34.4 Å². The molecule has 6 aromatic rings. The van der Waals surface area contributed by atoms with Crippen LogP contribution in [0.2, 0.25) is 0 Å². The van der Waals surface area contributed by atoms with E-state index in [-0.39, 0.29) is 6.71 Å². The minimum Gasteiger partial charge on any atom is -0.309 e. The van der Waals surface area contributed by atoms with E-state index in [1.54, 1.807) is 0 Å². The largest absolute Gasteiger partial charge is 0.309 e. The number of benzene rings is 6. The number of fused-ring (bicyclic) bond motifs is 8. The molecule has 4 aliphatic heterocycles. The second-order valence-corrected chi connectivity index (χ2v) is 13.4. The van der Waals surface area contributed by atoms with Crippen LogP contribution in [0.25, 0.3) is 11.1 Å². The Bertz CT molecular complexity index is 2130. The Labute approximate surface area is 258 Å².